The topological polar surface area (TPSA) is 29.5 Å². The zero-order valence-electron chi connectivity index (χ0n) is 9.74. The summed E-state index contributed by atoms with van der Waals surface area (Å²) in [5, 5.41) is 0. The van der Waals surface area contributed by atoms with Crippen LogP contribution in [0.3, 0.4) is 0 Å². The molecule has 0 heterocycles. The van der Waals surface area contributed by atoms with Crippen LogP contribution in [-0.4, -0.2) is 36.9 Å². The van der Waals surface area contributed by atoms with Crippen LogP contribution in [0.15, 0.2) is 24.3 Å². The summed E-state index contributed by atoms with van der Waals surface area (Å²) in [5.74, 6) is 1.05. The molecule has 0 N–H and O–H groups in total. The number of benzene rings is 1. The summed E-state index contributed by atoms with van der Waals surface area (Å²) < 4.78 is 5.07. The smallest absolute Gasteiger partial charge is 0.254 e. The van der Waals surface area contributed by atoms with Crippen LogP contribution in [0.4, 0.5) is 0 Å². The number of rotatable bonds is 4. The molecule has 4 heteroatoms. The van der Waals surface area contributed by atoms with Crippen molar-refractivity contribution in [3.63, 3.8) is 0 Å². The van der Waals surface area contributed by atoms with Gasteiger partial charge in [0.2, 0.25) is 0 Å². The average Bonchev–Trinajstić information content (AvgIpc) is 2.36. The third-order valence-corrected chi connectivity index (χ3v) is 2.97. The number of hydrogen-bond donors (Lipinski definition) is 0. The number of halogens is 1. The third-order valence-electron chi connectivity index (χ3n) is 2.52. The van der Waals surface area contributed by atoms with Gasteiger partial charge in [0.15, 0.2) is 0 Å². The van der Waals surface area contributed by atoms with Crippen molar-refractivity contribution in [1.29, 1.82) is 0 Å². The molecule has 0 aliphatic carbocycles. The average molecular weight is 242 g/mol. The summed E-state index contributed by atoms with van der Waals surface area (Å²) in [6.07, 6.45) is 0. The Morgan fingerprint density at radius 3 is 2.81 bits per heavy atom. The van der Waals surface area contributed by atoms with Crippen LogP contribution in [0.1, 0.15) is 17.3 Å². The van der Waals surface area contributed by atoms with Crippen LogP contribution in [0.25, 0.3) is 0 Å². The Bertz CT molecular complexity index is 368. The van der Waals surface area contributed by atoms with Crippen molar-refractivity contribution >= 4 is 17.5 Å². The van der Waals surface area contributed by atoms with Crippen molar-refractivity contribution in [3.8, 4) is 5.75 Å². The highest BCUT2D eigenvalue weighted by Crippen LogP contribution is 2.15. The number of carbonyl (C=O) groups is 1. The molecule has 1 unspecified atom stereocenters. The van der Waals surface area contributed by atoms with E-state index in [-0.39, 0.29) is 11.9 Å². The van der Waals surface area contributed by atoms with Gasteiger partial charge in [-0.15, -0.1) is 11.6 Å². The molecule has 0 saturated heterocycles. The molecule has 1 amide bonds. The number of hydrogen-bond acceptors (Lipinski definition) is 2. The van der Waals surface area contributed by atoms with E-state index in [4.69, 9.17) is 16.3 Å². The maximum absolute atomic E-state index is 12.0. The van der Waals surface area contributed by atoms with Crippen molar-refractivity contribution in [2.45, 2.75) is 13.0 Å². The van der Waals surface area contributed by atoms with Gasteiger partial charge in [-0.05, 0) is 25.1 Å². The predicted octanol–water partition coefficient (Wildman–Crippen LogP) is 2.39. The van der Waals surface area contributed by atoms with Crippen molar-refractivity contribution in [1.82, 2.24) is 4.90 Å². The minimum Gasteiger partial charge on any atom is -0.497 e. The van der Waals surface area contributed by atoms with Crippen LogP contribution in [0.2, 0.25) is 0 Å². The summed E-state index contributed by atoms with van der Waals surface area (Å²) in [7, 11) is 3.32. The first-order chi connectivity index (χ1) is 7.60. The molecule has 0 fully saturated rings. The molecule has 16 heavy (non-hydrogen) atoms. The second-order valence-electron chi connectivity index (χ2n) is 3.65. The van der Waals surface area contributed by atoms with E-state index in [9.17, 15) is 4.79 Å². The lowest BCUT2D eigenvalue weighted by Gasteiger charge is -2.23. The van der Waals surface area contributed by atoms with E-state index >= 15 is 0 Å². The number of alkyl halides is 1. The molecule has 1 rings (SSSR count). The Kier molecular flexibility index (Phi) is 4.62. The summed E-state index contributed by atoms with van der Waals surface area (Å²) in [6.45, 7) is 1.91. The SMILES string of the molecule is COc1cccc(C(=O)N(C)C(C)CCl)c1. The molecule has 0 aliphatic rings. The Hall–Kier alpha value is -1.22. The minimum absolute atomic E-state index is 0.0142. The summed E-state index contributed by atoms with van der Waals surface area (Å²) in [4.78, 5) is 13.7. The largest absolute Gasteiger partial charge is 0.497 e. The lowest BCUT2D eigenvalue weighted by Crippen LogP contribution is -2.36. The van der Waals surface area contributed by atoms with Gasteiger partial charge in [-0.2, -0.15) is 0 Å². The first-order valence-electron chi connectivity index (χ1n) is 5.07. The molecule has 0 bridgehead atoms. The first kappa shape index (κ1) is 12.8. The highest BCUT2D eigenvalue weighted by Gasteiger charge is 2.16. The highest BCUT2D eigenvalue weighted by molar-refractivity contribution is 6.18. The van der Waals surface area contributed by atoms with Crippen molar-refractivity contribution in [2.24, 2.45) is 0 Å². The first-order valence-corrected chi connectivity index (χ1v) is 5.60. The Balaban J connectivity index is 2.87. The molecule has 0 saturated carbocycles. The van der Waals surface area contributed by atoms with Gasteiger partial charge in [-0.3, -0.25) is 4.79 Å². The van der Waals surface area contributed by atoms with Gasteiger partial charge in [-0.25, -0.2) is 0 Å². The minimum atomic E-state index is -0.0490. The van der Waals surface area contributed by atoms with Crippen LogP contribution in [0.5, 0.6) is 5.75 Å². The predicted molar refractivity (Wildman–Crippen MR) is 65.3 cm³/mol. The van der Waals surface area contributed by atoms with Gasteiger partial charge < -0.3 is 9.64 Å². The fraction of sp³-hybridized carbons (Fsp3) is 0.417. The lowest BCUT2D eigenvalue weighted by molar-refractivity contribution is 0.0756. The Morgan fingerprint density at radius 1 is 1.56 bits per heavy atom. The van der Waals surface area contributed by atoms with Gasteiger partial charge in [0, 0.05) is 24.5 Å². The maximum atomic E-state index is 12.0. The summed E-state index contributed by atoms with van der Waals surface area (Å²) >= 11 is 5.72. The molecule has 0 spiro atoms. The summed E-state index contributed by atoms with van der Waals surface area (Å²) in [5.41, 5.74) is 0.610. The number of amides is 1. The van der Waals surface area contributed by atoms with Crippen LogP contribution in [-0.2, 0) is 0 Å². The molecule has 3 nitrogen and oxygen atoms in total. The Morgan fingerprint density at radius 2 is 2.25 bits per heavy atom. The molecular formula is C12H16ClNO2. The van der Waals surface area contributed by atoms with E-state index in [0.29, 0.717) is 17.2 Å². The van der Waals surface area contributed by atoms with Crippen molar-refractivity contribution in [2.75, 3.05) is 20.0 Å². The van der Waals surface area contributed by atoms with E-state index in [1.165, 1.54) is 0 Å². The highest BCUT2D eigenvalue weighted by atomic mass is 35.5. The van der Waals surface area contributed by atoms with E-state index in [1.807, 2.05) is 13.0 Å². The molecule has 0 aromatic heterocycles. The summed E-state index contributed by atoms with van der Waals surface area (Å²) in [6, 6.07) is 7.11. The molecule has 1 aromatic rings. The van der Waals surface area contributed by atoms with Crippen LogP contribution >= 0.6 is 11.6 Å². The lowest BCUT2D eigenvalue weighted by atomic mass is 10.1. The van der Waals surface area contributed by atoms with E-state index in [2.05, 4.69) is 0 Å². The van der Waals surface area contributed by atoms with Gasteiger partial charge >= 0.3 is 0 Å². The number of carbonyl (C=O) groups excluding carboxylic acids is 1. The molecule has 0 aliphatic heterocycles. The normalized spacial score (nSPS) is 12.0. The monoisotopic (exact) mass is 241 g/mol. The zero-order valence-corrected chi connectivity index (χ0v) is 10.5. The van der Waals surface area contributed by atoms with Gasteiger partial charge in [0.05, 0.1) is 7.11 Å². The van der Waals surface area contributed by atoms with Gasteiger partial charge in [0.1, 0.15) is 5.75 Å². The fourth-order valence-corrected chi connectivity index (χ4v) is 1.47. The second-order valence-corrected chi connectivity index (χ2v) is 3.96. The number of ether oxygens (including phenoxy) is 1. The standard InChI is InChI=1S/C12H16ClNO2/c1-9(8-13)14(2)12(15)10-5-4-6-11(7-10)16-3/h4-7,9H,8H2,1-3H3. The second kappa shape index (κ2) is 5.75. The Labute approximate surface area is 101 Å². The van der Waals surface area contributed by atoms with E-state index in [0.717, 1.165) is 0 Å². The van der Waals surface area contributed by atoms with E-state index in [1.54, 1.807) is 37.3 Å². The zero-order chi connectivity index (χ0) is 12.1. The number of nitrogens with zero attached hydrogens (tertiary/aromatic N) is 1. The molecule has 88 valence electrons. The van der Waals surface area contributed by atoms with Gasteiger partial charge in [0.25, 0.3) is 5.91 Å². The fourth-order valence-electron chi connectivity index (χ4n) is 1.26. The van der Waals surface area contributed by atoms with Gasteiger partial charge in [-0.1, -0.05) is 6.07 Å². The van der Waals surface area contributed by atoms with Crippen molar-refractivity contribution in [3.05, 3.63) is 29.8 Å². The molecule has 1 atom stereocenters. The van der Waals surface area contributed by atoms with Crippen molar-refractivity contribution < 1.29 is 9.53 Å². The third kappa shape index (κ3) is 2.89. The van der Waals surface area contributed by atoms with Crippen LogP contribution < -0.4 is 4.74 Å². The molecular weight excluding hydrogens is 226 g/mol. The van der Waals surface area contributed by atoms with E-state index < -0.39 is 0 Å². The molecule has 1 aromatic carbocycles. The maximum Gasteiger partial charge on any atom is 0.254 e. The van der Waals surface area contributed by atoms with Crippen LogP contribution in [0, 0.1) is 0 Å². The number of methoxy groups -OCH3 is 1. The quantitative estimate of drug-likeness (QED) is 0.758. The molecule has 0 radical (unpaired) electrons.